The van der Waals surface area contributed by atoms with Crippen molar-refractivity contribution in [2.45, 2.75) is 32.8 Å². The molecule has 1 aromatic carbocycles. The first-order chi connectivity index (χ1) is 11.6. The van der Waals surface area contributed by atoms with Crippen LogP contribution in [0.5, 0.6) is 0 Å². The molecule has 0 aliphatic carbocycles. The number of amides is 1. The minimum absolute atomic E-state index is 0.214. The second kappa shape index (κ2) is 7.40. The smallest absolute Gasteiger partial charge is 0.258 e. The Morgan fingerprint density at radius 1 is 1.29 bits per heavy atom. The number of nitrogens with zero attached hydrogens (tertiary/aromatic N) is 2. The summed E-state index contributed by atoms with van der Waals surface area (Å²) in [5.74, 6) is 0.295. The lowest BCUT2D eigenvalue weighted by Crippen LogP contribution is -2.20. The van der Waals surface area contributed by atoms with Crippen molar-refractivity contribution >= 4 is 17.5 Å². The van der Waals surface area contributed by atoms with Crippen molar-refractivity contribution in [3.63, 3.8) is 0 Å². The Balaban J connectivity index is 1.60. The summed E-state index contributed by atoms with van der Waals surface area (Å²) in [6, 6.07) is 5.83. The Morgan fingerprint density at radius 2 is 2.08 bits per heavy atom. The maximum absolute atomic E-state index is 12.3. The molecular weight excluding hydrogens is 304 g/mol. The van der Waals surface area contributed by atoms with E-state index < -0.39 is 0 Å². The molecule has 0 radical (unpaired) electrons. The van der Waals surface area contributed by atoms with Crippen LogP contribution in [0.25, 0.3) is 0 Å². The van der Waals surface area contributed by atoms with Gasteiger partial charge in [-0.1, -0.05) is 12.1 Å². The van der Waals surface area contributed by atoms with Crippen molar-refractivity contribution in [2.24, 2.45) is 0 Å². The molecular formula is C18H22N4O2. The molecule has 126 valence electrons. The van der Waals surface area contributed by atoms with Gasteiger partial charge in [0.05, 0.1) is 11.7 Å². The third-order valence-corrected chi connectivity index (χ3v) is 4.28. The minimum atomic E-state index is -0.214. The number of anilines is 2. The first-order valence-corrected chi connectivity index (χ1v) is 8.18. The minimum Gasteiger partial charge on any atom is -0.376 e. The van der Waals surface area contributed by atoms with Gasteiger partial charge in [0.15, 0.2) is 0 Å². The molecule has 1 unspecified atom stereocenters. The molecule has 2 N–H and O–H groups in total. The van der Waals surface area contributed by atoms with Gasteiger partial charge in [-0.2, -0.15) is 0 Å². The Hall–Kier alpha value is -2.47. The second-order valence-corrected chi connectivity index (χ2v) is 6.01. The maximum atomic E-state index is 12.3. The van der Waals surface area contributed by atoms with Crippen LogP contribution in [0.4, 0.5) is 11.6 Å². The van der Waals surface area contributed by atoms with Crippen LogP contribution >= 0.6 is 0 Å². The molecule has 0 spiro atoms. The third-order valence-electron chi connectivity index (χ3n) is 4.28. The van der Waals surface area contributed by atoms with E-state index in [0.717, 1.165) is 36.3 Å². The quantitative estimate of drug-likeness (QED) is 0.883. The second-order valence-electron chi connectivity index (χ2n) is 6.01. The van der Waals surface area contributed by atoms with E-state index in [2.05, 4.69) is 20.6 Å². The molecule has 1 amide bonds. The van der Waals surface area contributed by atoms with E-state index in [1.54, 1.807) is 0 Å². The molecule has 2 aromatic rings. The summed E-state index contributed by atoms with van der Waals surface area (Å²) < 4.78 is 5.54. The topological polar surface area (TPSA) is 76.1 Å². The number of rotatable bonds is 5. The highest BCUT2D eigenvalue weighted by Crippen LogP contribution is 2.19. The summed E-state index contributed by atoms with van der Waals surface area (Å²) in [6.07, 6.45) is 5.45. The van der Waals surface area contributed by atoms with Gasteiger partial charge in [0, 0.05) is 31.2 Å². The number of aryl methyl sites for hydroxylation is 1. The van der Waals surface area contributed by atoms with Crippen molar-refractivity contribution in [2.75, 3.05) is 23.8 Å². The Morgan fingerprint density at radius 3 is 2.79 bits per heavy atom. The number of hydrogen-bond donors (Lipinski definition) is 2. The molecule has 6 nitrogen and oxygen atoms in total. The molecule has 2 heterocycles. The van der Waals surface area contributed by atoms with E-state index in [1.807, 2.05) is 32.0 Å². The number of benzene rings is 1. The Kier molecular flexibility index (Phi) is 5.05. The highest BCUT2D eigenvalue weighted by molar-refractivity contribution is 6.04. The van der Waals surface area contributed by atoms with Gasteiger partial charge in [-0.15, -0.1) is 0 Å². The number of aromatic nitrogens is 2. The monoisotopic (exact) mass is 326 g/mol. The zero-order valence-electron chi connectivity index (χ0n) is 14.0. The lowest BCUT2D eigenvalue weighted by Gasteiger charge is -2.11. The molecule has 1 saturated heterocycles. The summed E-state index contributed by atoms with van der Waals surface area (Å²) in [7, 11) is 0. The van der Waals surface area contributed by atoms with Gasteiger partial charge >= 0.3 is 0 Å². The van der Waals surface area contributed by atoms with Crippen LogP contribution < -0.4 is 10.6 Å². The number of carbonyl (C=O) groups excluding carboxylic acids is 1. The van der Waals surface area contributed by atoms with Crippen LogP contribution in [-0.4, -0.2) is 35.1 Å². The van der Waals surface area contributed by atoms with Crippen LogP contribution in [0.1, 0.15) is 34.3 Å². The van der Waals surface area contributed by atoms with Gasteiger partial charge in [0.1, 0.15) is 0 Å². The maximum Gasteiger partial charge on any atom is 0.258 e. The van der Waals surface area contributed by atoms with Crippen LogP contribution in [0.3, 0.4) is 0 Å². The fourth-order valence-electron chi connectivity index (χ4n) is 2.63. The average Bonchev–Trinajstić information content (AvgIpc) is 3.11. The van der Waals surface area contributed by atoms with Crippen molar-refractivity contribution < 1.29 is 9.53 Å². The molecule has 1 atom stereocenters. The standard InChI is InChI=1S/C18H22N4O2/c1-12-5-3-7-16(13(12)2)22-17(23)14-9-19-18(20-10-14)21-11-15-6-4-8-24-15/h3,5,7,9-10,15H,4,6,8,11H2,1-2H3,(H,22,23)(H,19,20,21). The molecule has 24 heavy (non-hydrogen) atoms. The van der Waals surface area contributed by atoms with Gasteiger partial charge in [-0.3, -0.25) is 4.79 Å². The molecule has 0 saturated carbocycles. The SMILES string of the molecule is Cc1cccc(NC(=O)c2cnc(NCC3CCCO3)nc2)c1C. The summed E-state index contributed by atoms with van der Waals surface area (Å²) in [5, 5.41) is 6.04. The van der Waals surface area contributed by atoms with Gasteiger partial charge in [-0.25, -0.2) is 9.97 Å². The van der Waals surface area contributed by atoms with Crippen molar-refractivity contribution in [3.05, 3.63) is 47.3 Å². The molecule has 1 fully saturated rings. The third kappa shape index (κ3) is 3.89. The summed E-state index contributed by atoms with van der Waals surface area (Å²) >= 11 is 0. The molecule has 1 aromatic heterocycles. The van der Waals surface area contributed by atoms with Crippen molar-refractivity contribution in [1.29, 1.82) is 0 Å². The Bertz CT molecular complexity index is 709. The highest BCUT2D eigenvalue weighted by atomic mass is 16.5. The zero-order valence-corrected chi connectivity index (χ0v) is 14.0. The van der Waals surface area contributed by atoms with Gasteiger partial charge in [-0.05, 0) is 43.9 Å². The van der Waals surface area contributed by atoms with E-state index in [1.165, 1.54) is 12.4 Å². The van der Waals surface area contributed by atoms with E-state index in [4.69, 9.17) is 4.74 Å². The van der Waals surface area contributed by atoms with Crippen LogP contribution in [0.2, 0.25) is 0 Å². The summed E-state index contributed by atoms with van der Waals surface area (Å²) in [5.41, 5.74) is 3.43. The van der Waals surface area contributed by atoms with E-state index in [-0.39, 0.29) is 12.0 Å². The molecule has 1 aliphatic rings. The first kappa shape index (κ1) is 16.4. The normalized spacial score (nSPS) is 16.8. The van der Waals surface area contributed by atoms with Crippen molar-refractivity contribution in [3.8, 4) is 0 Å². The largest absolute Gasteiger partial charge is 0.376 e. The molecule has 6 heteroatoms. The van der Waals surface area contributed by atoms with Crippen LogP contribution in [-0.2, 0) is 4.74 Å². The fourth-order valence-corrected chi connectivity index (χ4v) is 2.63. The molecule has 1 aliphatic heterocycles. The Labute approximate surface area is 141 Å². The van der Waals surface area contributed by atoms with Crippen LogP contribution in [0, 0.1) is 13.8 Å². The fraction of sp³-hybridized carbons (Fsp3) is 0.389. The van der Waals surface area contributed by atoms with Gasteiger partial charge < -0.3 is 15.4 Å². The summed E-state index contributed by atoms with van der Waals surface area (Å²) in [6.45, 7) is 5.51. The predicted octanol–water partition coefficient (Wildman–Crippen LogP) is 2.94. The molecule has 0 bridgehead atoms. The van der Waals surface area contributed by atoms with Crippen LogP contribution in [0.15, 0.2) is 30.6 Å². The van der Waals surface area contributed by atoms with E-state index >= 15 is 0 Å². The summed E-state index contributed by atoms with van der Waals surface area (Å²) in [4.78, 5) is 20.7. The predicted molar refractivity (Wildman–Crippen MR) is 93.4 cm³/mol. The lowest BCUT2D eigenvalue weighted by molar-refractivity contribution is 0.102. The highest BCUT2D eigenvalue weighted by Gasteiger charge is 2.15. The first-order valence-electron chi connectivity index (χ1n) is 8.18. The molecule has 3 rings (SSSR count). The van der Waals surface area contributed by atoms with E-state index in [9.17, 15) is 4.79 Å². The van der Waals surface area contributed by atoms with Gasteiger partial charge in [0.2, 0.25) is 5.95 Å². The number of nitrogens with one attached hydrogen (secondary N) is 2. The number of hydrogen-bond acceptors (Lipinski definition) is 5. The zero-order chi connectivity index (χ0) is 16.9. The van der Waals surface area contributed by atoms with E-state index in [0.29, 0.717) is 18.1 Å². The van der Waals surface area contributed by atoms with Gasteiger partial charge in [0.25, 0.3) is 5.91 Å². The lowest BCUT2D eigenvalue weighted by atomic mass is 10.1. The number of carbonyl (C=O) groups is 1. The average molecular weight is 326 g/mol. The number of ether oxygens (including phenoxy) is 1. The van der Waals surface area contributed by atoms with Crippen molar-refractivity contribution in [1.82, 2.24) is 9.97 Å².